The van der Waals surface area contributed by atoms with E-state index in [1.807, 2.05) is 61.5 Å². The number of carbonyl (C=O) groups is 1. The molecule has 0 bridgehead atoms. The molecule has 0 aliphatic carbocycles. The van der Waals surface area contributed by atoms with Gasteiger partial charge in [0, 0.05) is 10.6 Å². The Labute approximate surface area is 129 Å². The van der Waals surface area contributed by atoms with E-state index in [0.29, 0.717) is 18.7 Å². The lowest BCUT2D eigenvalue weighted by Crippen LogP contribution is -2.19. The molecule has 0 radical (unpaired) electrons. The van der Waals surface area contributed by atoms with Gasteiger partial charge in [-0.25, -0.2) is 0 Å². The summed E-state index contributed by atoms with van der Waals surface area (Å²) >= 11 is 1.46. The second-order valence-corrected chi connectivity index (χ2v) is 5.89. The van der Waals surface area contributed by atoms with Gasteiger partial charge in [-0.3, -0.25) is 4.79 Å². The first kappa shape index (κ1) is 15.4. The van der Waals surface area contributed by atoms with Gasteiger partial charge in [-0.1, -0.05) is 49.4 Å². The summed E-state index contributed by atoms with van der Waals surface area (Å²) in [6.45, 7) is 2.28. The fraction of sp³-hybridized carbons (Fsp3) is 0.235. The Bertz CT molecular complexity index is 586. The smallest absolute Gasteiger partial charge is 0.319 e. The minimum Gasteiger partial charge on any atom is -0.460 e. The number of hydrogen-bond acceptors (Lipinski definition) is 4. The SMILES string of the molecule is CCC(Sc1ccccc1N)C(=O)OCc1ccccc1. The molecule has 0 aliphatic rings. The van der Waals surface area contributed by atoms with Gasteiger partial charge >= 0.3 is 5.97 Å². The van der Waals surface area contributed by atoms with Gasteiger partial charge in [0.15, 0.2) is 0 Å². The molecule has 2 aromatic rings. The lowest BCUT2D eigenvalue weighted by Gasteiger charge is -2.15. The quantitative estimate of drug-likeness (QED) is 0.500. The molecule has 2 rings (SSSR count). The number of esters is 1. The van der Waals surface area contributed by atoms with Crippen LogP contribution in [0.4, 0.5) is 5.69 Å². The Morgan fingerprint density at radius 1 is 1.14 bits per heavy atom. The van der Waals surface area contributed by atoms with Crippen LogP contribution in [0, 0.1) is 0 Å². The first-order valence-electron chi connectivity index (χ1n) is 6.92. The Morgan fingerprint density at radius 3 is 2.48 bits per heavy atom. The van der Waals surface area contributed by atoms with E-state index >= 15 is 0 Å². The highest BCUT2D eigenvalue weighted by Gasteiger charge is 2.20. The van der Waals surface area contributed by atoms with Crippen molar-refractivity contribution >= 4 is 23.4 Å². The van der Waals surface area contributed by atoms with Gasteiger partial charge in [-0.15, -0.1) is 11.8 Å². The molecule has 1 unspecified atom stereocenters. The average molecular weight is 301 g/mol. The van der Waals surface area contributed by atoms with Crippen molar-refractivity contribution in [1.82, 2.24) is 0 Å². The van der Waals surface area contributed by atoms with Crippen molar-refractivity contribution in [3.63, 3.8) is 0 Å². The molecule has 0 saturated heterocycles. The summed E-state index contributed by atoms with van der Waals surface area (Å²) in [6.07, 6.45) is 0.701. The fourth-order valence-corrected chi connectivity index (χ4v) is 2.86. The predicted molar refractivity (Wildman–Crippen MR) is 87.0 cm³/mol. The lowest BCUT2D eigenvalue weighted by molar-refractivity contribution is -0.144. The van der Waals surface area contributed by atoms with Crippen molar-refractivity contribution < 1.29 is 9.53 Å². The van der Waals surface area contributed by atoms with E-state index in [9.17, 15) is 4.79 Å². The standard InChI is InChI=1S/C17H19NO2S/c1-2-15(21-16-11-7-6-10-14(16)18)17(19)20-12-13-8-4-3-5-9-13/h3-11,15H,2,12,18H2,1H3. The van der Waals surface area contributed by atoms with E-state index < -0.39 is 0 Å². The van der Waals surface area contributed by atoms with Crippen LogP contribution in [0.15, 0.2) is 59.5 Å². The first-order valence-corrected chi connectivity index (χ1v) is 7.80. The summed E-state index contributed by atoms with van der Waals surface area (Å²) < 4.78 is 5.39. The number of thioether (sulfide) groups is 1. The van der Waals surface area contributed by atoms with Crippen LogP contribution in [-0.4, -0.2) is 11.2 Å². The normalized spacial score (nSPS) is 11.9. The monoisotopic (exact) mass is 301 g/mol. The van der Waals surface area contributed by atoms with E-state index in [4.69, 9.17) is 10.5 Å². The van der Waals surface area contributed by atoms with Crippen LogP contribution in [0.1, 0.15) is 18.9 Å². The van der Waals surface area contributed by atoms with Crippen molar-refractivity contribution in [3.05, 3.63) is 60.2 Å². The molecular formula is C17H19NO2S. The molecule has 0 heterocycles. The molecule has 0 spiro atoms. The Hall–Kier alpha value is -1.94. The largest absolute Gasteiger partial charge is 0.460 e. The molecule has 0 fully saturated rings. The van der Waals surface area contributed by atoms with Crippen LogP contribution in [-0.2, 0) is 16.1 Å². The first-order chi connectivity index (χ1) is 10.2. The molecular weight excluding hydrogens is 282 g/mol. The number of carbonyl (C=O) groups excluding carboxylic acids is 1. The molecule has 3 nitrogen and oxygen atoms in total. The molecule has 1 atom stereocenters. The van der Waals surface area contributed by atoms with Crippen molar-refractivity contribution in [2.24, 2.45) is 0 Å². The molecule has 0 saturated carbocycles. The maximum Gasteiger partial charge on any atom is 0.319 e. The Balaban J connectivity index is 1.94. The summed E-state index contributed by atoms with van der Waals surface area (Å²) in [6, 6.07) is 17.2. The van der Waals surface area contributed by atoms with Gasteiger partial charge in [0.25, 0.3) is 0 Å². The summed E-state index contributed by atoms with van der Waals surface area (Å²) in [5.41, 5.74) is 7.60. The maximum absolute atomic E-state index is 12.2. The summed E-state index contributed by atoms with van der Waals surface area (Å²) in [5.74, 6) is -0.199. The summed E-state index contributed by atoms with van der Waals surface area (Å²) in [4.78, 5) is 13.1. The molecule has 0 amide bonds. The summed E-state index contributed by atoms with van der Waals surface area (Å²) in [5, 5.41) is -0.238. The van der Waals surface area contributed by atoms with Crippen LogP contribution in [0.3, 0.4) is 0 Å². The van der Waals surface area contributed by atoms with Crippen molar-refractivity contribution in [3.8, 4) is 0 Å². The molecule has 110 valence electrons. The topological polar surface area (TPSA) is 52.3 Å². The number of nitrogen functional groups attached to an aromatic ring is 1. The molecule has 2 aromatic carbocycles. The van der Waals surface area contributed by atoms with Gasteiger partial charge < -0.3 is 10.5 Å². The minimum atomic E-state index is -0.238. The number of ether oxygens (including phenoxy) is 1. The number of benzene rings is 2. The van der Waals surface area contributed by atoms with Crippen molar-refractivity contribution in [2.75, 3.05) is 5.73 Å². The number of nitrogens with two attached hydrogens (primary N) is 1. The van der Waals surface area contributed by atoms with E-state index in [0.717, 1.165) is 10.5 Å². The van der Waals surface area contributed by atoms with Crippen LogP contribution in [0.5, 0.6) is 0 Å². The molecule has 0 aliphatic heterocycles. The highest BCUT2D eigenvalue weighted by atomic mass is 32.2. The molecule has 2 N–H and O–H groups in total. The van der Waals surface area contributed by atoms with E-state index in [2.05, 4.69) is 0 Å². The molecule has 4 heteroatoms. The second-order valence-electron chi connectivity index (χ2n) is 4.65. The third kappa shape index (κ3) is 4.53. The molecule has 21 heavy (non-hydrogen) atoms. The third-order valence-electron chi connectivity index (χ3n) is 3.05. The van der Waals surface area contributed by atoms with Crippen LogP contribution in [0.2, 0.25) is 0 Å². The number of rotatable bonds is 6. The Kier molecular flexibility index (Phi) is 5.69. The zero-order valence-electron chi connectivity index (χ0n) is 12.0. The zero-order chi connectivity index (χ0) is 15.1. The van der Waals surface area contributed by atoms with E-state index in [1.54, 1.807) is 0 Å². The minimum absolute atomic E-state index is 0.199. The lowest BCUT2D eigenvalue weighted by atomic mass is 10.2. The number of anilines is 1. The van der Waals surface area contributed by atoms with Crippen LogP contribution >= 0.6 is 11.8 Å². The third-order valence-corrected chi connectivity index (χ3v) is 4.48. The van der Waals surface area contributed by atoms with Gasteiger partial charge in [0.2, 0.25) is 0 Å². The van der Waals surface area contributed by atoms with Crippen LogP contribution in [0.25, 0.3) is 0 Å². The highest BCUT2D eigenvalue weighted by Crippen LogP contribution is 2.30. The Morgan fingerprint density at radius 2 is 1.81 bits per heavy atom. The van der Waals surface area contributed by atoms with Gasteiger partial charge in [-0.05, 0) is 24.1 Å². The van der Waals surface area contributed by atoms with Crippen molar-refractivity contribution in [1.29, 1.82) is 0 Å². The van der Waals surface area contributed by atoms with Gasteiger partial charge in [-0.2, -0.15) is 0 Å². The van der Waals surface area contributed by atoms with Crippen molar-refractivity contribution in [2.45, 2.75) is 30.1 Å². The summed E-state index contributed by atoms with van der Waals surface area (Å²) in [7, 11) is 0. The second kappa shape index (κ2) is 7.74. The van der Waals surface area contributed by atoms with Crippen LogP contribution < -0.4 is 5.73 Å². The van der Waals surface area contributed by atoms with Gasteiger partial charge in [0.05, 0.1) is 0 Å². The molecule has 0 aromatic heterocycles. The average Bonchev–Trinajstić information content (AvgIpc) is 2.53. The predicted octanol–water partition coefficient (Wildman–Crippen LogP) is 3.88. The van der Waals surface area contributed by atoms with E-state index in [1.165, 1.54) is 11.8 Å². The maximum atomic E-state index is 12.2. The van der Waals surface area contributed by atoms with E-state index in [-0.39, 0.29) is 11.2 Å². The number of hydrogen-bond donors (Lipinski definition) is 1. The number of para-hydroxylation sites is 1. The zero-order valence-corrected chi connectivity index (χ0v) is 12.8. The highest BCUT2D eigenvalue weighted by molar-refractivity contribution is 8.00. The van der Waals surface area contributed by atoms with Gasteiger partial charge in [0.1, 0.15) is 11.9 Å². The fourth-order valence-electron chi connectivity index (χ4n) is 1.86.